The van der Waals surface area contributed by atoms with E-state index in [1.165, 1.54) is 12.2 Å². The molecular weight excluding hydrogens is 288 g/mol. The molecule has 114 valence electrons. The minimum atomic E-state index is -0.977. The highest BCUT2D eigenvalue weighted by molar-refractivity contribution is 6.00. The molecule has 0 saturated carbocycles. The molecule has 0 radical (unpaired) electrons. The number of ketones is 1. The van der Waals surface area contributed by atoms with Gasteiger partial charge < -0.3 is 9.47 Å². The zero-order valence-corrected chi connectivity index (χ0v) is 12.5. The lowest BCUT2D eigenvalue weighted by Gasteiger charge is -2.22. The van der Waals surface area contributed by atoms with Crippen LogP contribution in [0.15, 0.2) is 85.0 Å². The standard InChI is InChI=1S/C20H16O3/c21-17-11-13-20(14-12-17)22-18(15-7-3-1-4-8-15)19(23-20)16-9-5-2-6-10-16/h1-14,18-19H/t18-,19+. The molecule has 3 nitrogen and oxygen atoms in total. The largest absolute Gasteiger partial charge is 0.332 e. The van der Waals surface area contributed by atoms with Crippen LogP contribution in [0.1, 0.15) is 23.3 Å². The second kappa shape index (κ2) is 5.61. The van der Waals surface area contributed by atoms with Crippen molar-refractivity contribution in [3.8, 4) is 0 Å². The van der Waals surface area contributed by atoms with Gasteiger partial charge in [0.1, 0.15) is 12.2 Å². The van der Waals surface area contributed by atoms with Crippen molar-refractivity contribution in [1.82, 2.24) is 0 Å². The van der Waals surface area contributed by atoms with Crippen LogP contribution in [0.4, 0.5) is 0 Å². The zero-order chi connectivity index (χ0) is 15.7. The fraction of sp³-hybridized carbons (Fsp3) is 0.150. The van der Waals surface area contributed by atoms with E-state index in [9.17, 15) is 4.79 Å². The summed E-state index contributed by atoms with van der Waals surface area (Å²) < 4.78 is 12.5. The van der Waals surface area contributed by atoms with Crippen molar-refractivity contribution in [3.63, 3.8) is 0 Å². The van der Waals surface area contributed by atoms with Crippen molar-refractivity contribution >= 4 is 5.78 Å². The summed E-state index contributed by atoms with van der Waals surface area (Å²) in [7, 11) is 0. The number of allylic oxidation sites excluding steroid dienone is 2. The summed E-state index contributed by atoms with van der Waals surface area (Å²) >= 11 is 0. The van der Waals surface area contributed by atoms with E-state index in [0.29, 0.717) is 0 Å². The van der Waals surface area contributed by atoms with E-state index in [4.69, 9.17) is 9.47 Å². The predicted octanol–water partition coefficient (Wildman–Crippen LogP) is 3.91. The summed E-state index contributed by atoms with van der Waals surface area (Å²) in [5, 5.41) is 0. The molecule has 1 aliphatic heterocycles. The van der Waals surface area contributed by atoms with E-state index in [1.807, 2.05) is 60.7 Å². The molecule has 1 aliphatic carbocycles. The first kappa shape index (κ1) is 14.1. The van der Waals surface area contributed by atoms with E-state index in [0.717, 1.165) is 11.1 Å². The SMILES string of the molecule is O=C1C=CC2(C=C1)O[C@H](c1ccccc1)[C@H](c1ccccc1)O2. The van der Waals surface area contributed by atoms with Gasteiger partial charge in [0.25, 0.3) is 0 Å². The fourth-order valence-corrected chi connectivity index (χ4v) is 2.98. The zero-order valence-electron chi connectivity index (χ0n) is 12.5. The first-order valence-electron chi connectivity index (χ1n) is 7.64. The van der Waals surface area contributed by atoms with Crippen molar-refractivity contribution in [2.75, 3.05) is 0 Å². The smallest absolute Gasteiger partial charge is 0.210 e. The number of hydrogen-bond acceptors (Lipinski definition) is 3. The van der Waals surface area contributed by atoms with Gasteiger partial charge in [0.15, 0.2) is 5.78 Å². The topological polar surface area (TPSA) is 35.5 Å². The number of ether oxygens (including phenoxy) is 2. The van der Waals surface area contributed by atoms with Crippen molar-refractivity contribution in [3.05, 3.63) is 96.1 Å². The monoisotopic (exact) mass is 304 g/mol. The van der Waals surface area contributed by atoms with Crippen LogP contribution in [-0.4, -0.2) is 11.6 Å². The Morgan fingerprint density at radius 2 is 1.13 bits per heavy atom. The number of carbonyl (C=O) groups is 1. The van der Waals surface area contributed by atoms with Gasteiger partial charge in [-0.3, -0.25) is 4.79 Å². The molecule has 1 fully saturated rings. The molecule has 1 heterocycles. The van der Waals surface area contributed by atoms with Crippen LogP contribution in [0.25, 0.3) is 0 Å². The Labute approximate surface area is 134 Å². The van der Waals surface area contributed by atoms with Gasteiger partial charge in [0.2, 0.25) is 5.79 Å². The molecule has 1 spiro atoms. The van der Waals surface area contributed by atoms with E-state index in [1.54, 1.807) is 12.2 Å². The predicted molar refractivity (Wildman–Crippen MR) is 86.6 cm³/mol. The Kier molecular flexibility index (Phi) is 3.45. The lowest BCUT2D eigenvalue weighted by Crippen LogP contribution is -2.27. The van der Waals surface area contributed by atoms with Crippen LogP contribution >= 0.6 is 0 Å². The van der Waals surface area contributed by atoms with Gasteiger partial charge in [-0.1, -0.05) is 60.7 Å². The van der Waals surface area contributed by atoms with Gasteiger partial charge in [-0.25, -0.2) is 0 Å². The number of hydrogen-bond donors (Lipinski definition) is 0. The maximum Gasteiger partial charge on any atom is 0.210 e. The molecule has 2 aromatic carbocycles. The number of rotatable bonds is 2. The molecule has 2 aromatic rings. The third-order valence-corrected chi connectivity index (χ3v) is 4.11. The summed E-state index contributed by atoms with van der Waals surface area (Å²) in [6.45, 7) is 0. The third-order valence-electron chi connectivity index (χ3n) is 4.11. The van der Waals surface area contributed by atoms with Crippen molar-refractivity contribution in [1.29, 1.82) is 0 Å². The summed E-state index contributed by atoms with van der Waals surface area (Å²) in [4.78, 5) is 11.4. The van der Waals surface area contributed by atoms with Crippen molar-refractivity contribution < 1.29 is 14.3 Å². The number of benzene rings is 2. The molecule has 0 bridgehead atoms. The quantitative estimate of drug-likeness (QED) is 0.844. The minimum Gasteiger partial charge on any atom is -0.332 e. The lowest BCUT2D eigenvalue weighted by molar-refractivity contribution is -0.115. The molecule has 2 atom stereocenters. The maximum absolute atomic E-state index is 11.4. The third kappa shape index (κ3) is 2.65. The van der Waals surface area contributed by atoms with Crippen LogP contribution in [0.3, 0.4) is 0 Å². The van der Waals surface area contributed by atoms with Crippen LogP contribution in [0.5, 0.6) is 0 Å². The highest BCUT2D eigenvalue weighted by Crippen LogP contribution is 2.48. The van der Waals surface area contributed by atoms with Gasteiger partial charge in [-0.05, 0) is 35.4 Å². The van der Waals surface area contributed by atoms with Crippen LogP contribution < -0.4 is 0 Å². The Morgan fingerprint density at radius 3 is 1.57 bits per heavy atom. The molecule has 1 saturated heterocycles. The Hall–Kier alpha value is -2.49. The average Bonchev–Trinajstić information content (AvgIpc) is 2.99. The van der Waals surface area contributed by atoms with Gasteiger partial charge >= 0.3 is 0 Å². The molecule has 0 amide bonds. The summed E-state index contributed by atoms with van der Waals surface area (Å²) in [6, 6.07) is 20.0. The van der Waals surface area contributed by atoms with Crippen molar-refractivity contribution in [2.24, 2.45) is 0 Å². The molecule has 2 aliphatic rings. The first-order valence-corrected chi connectivity index (χ1v) is 7.64. The van der Waals surface area contributed by atoms with E-state index >= 15 is 0 Å². The van der Waals surface area contributed by atoms with E-state index < -0.39 is 5.79 Å². The van der Waals surface area contributed by atoms with Gasteiger partial charge in [0, 0.05) is 0 Å². The first-order chi connectivity index (χ1) is 11.3. The van der Waals surface area contributed by atoms with Gasteiger partial charge in [-0.15, -0.1) is 0 Å². The molecule has 3 heteroatoms. The summed E-state index contributed by atoms with van der Waals surface area (Å²) in [5.41, 5.74) is 2.11. The van der Waals surface area contributed by atoms with Gasteiger partial charge in [0.05, 0.1) is 0 Å². The van der Waals surface area contributed by atoms with E-state index in [2.05, 4.69) is 0 Å². The van der Waals surface area contributed by atoms with Crippen molar-refractivity contribution in [2.45, 2.75) is 18.0 Å². The van der Waals surface area contributed by atoms with Crippen LogP contribution in [-0.2, 0) is 14.3 Å². The van der Waals surface area contributed by atoms with Crippen LogP contribution in [0.2, 0.25) is 0 Å². The fourth-order valence-electron chi connectivity index (χ4n) is 2.98. The van der Waals surface area contributed by atoms with E-state index in [-0.39, 0.29) is 18.0 Å². The molecule has 0 aromatic heterocycles. The molecule has 4 rings (SSSR count). The van der Waals surface area contributed by atoms with Gasteiger partial charge in [-0.2, -0.15) is 0 Å². The molecular formula is C20H16O3. The molecule has 0 unspecified atom stereocenters. The summed E-state index contributed by atoms with van der Waals surface area (Å²) in [6.07, 6.45) is 5.90. The Morgan fingerprint density at radius 1 is 0.696 bits per heavy atom. The Balaban J connectivity index is 1.74. The normalized spacial score (nSPS) is 25.1. The highest BCUT2D eigenvalue weighted by Gasteiger charge is 2.46. The summed E-state index contributed by atoms with van der Waals surface area (Å²) in [5.74, 6) is -1.03. The highest BCUT2D eigenvalue weighted by atomic mass is 16.8. The molecule has 0 N–H and O–H groups in total. The molecule has 23 heavy (non-hydrogen) atoms. The number of carbonyl (C=O) groups excluding carboxylic acids is 1. The minimum absolute atomic E-state index is 0.0535. The Bertz CT molecular complexity index is 696. The second-order valence-corrected chi connectivity index (χ2v) is 5.69. The lowest BCUT2D eigenvalue weighted by atomic mass is 9.99. The maximum atomic E-state index is 11.4. The average molecular weight is 304 g/mol. The van der Waals surface area contributed by atoms with Crippen LogP contribution in [0, 0.1) is 0 Å². The second-order valence-electron chi connectivity index (χ2n) is 5.69.